The van der Waals surface area contributed by atoms with Crippen LogP contribution in [0.2, 0.25) is 0 Å². The van der Waals surface area contributed by atoms with Crippen LogP contribution in [0.4, 0.5) is 4.79 Å². The molecule has 3 heterocycles. The number of carbonyl (C=O) groups is 2. The molecule has 0 unspecified atom stereocenters. The summed E-state index contributed by atoms with van der Waals surface area (Å²) >= 11 is 0. The summed E-state index contributed by atoms with van der Waals surface area (Å²) in [7, 11) is 0. The van der Waals surface area contributed by atoms with E-state index < -0.39 is 5.54 Å². The highest BCUT2D eigenvalue weighted by atomic mass is 16.2. The lowest BCUT2D eigenvalue weighted by Gasteiger charge is -2.31. The molecule has 0 aliphatic carbocycles. The van der Waals surface area contributed by atoms with Crippen LogP contribution in [0, 0.1) is 0 Å². The Kier molecular flexibility index (Phi) is 3.63. The summed E-state index contributed by atoms with van der Waals surface area (Å²) in [6.45, 7) is 3.81. The summed E-state index contributed by atoms with van der Waals surface area (Å²) in [5.74, 6) is -0.115. The fourth-order valence-electron chi connectivity index (χ4n) is 2.93. The van der Waals surface area contributed by atoms with Crippen molar-refractivity contribution in [2.75, 3.05) is 13.1 Å². The first-order valence-corrected chi connectivity index (χ1v) is 7.43. The van der Waals surface area contributed by atoms with Crippen molar-refractivity contribution >= 4 is 11.9 Å². The van der Waals surface area contributed by atoms with E-state index >= 15 is 0 Å². The van der Waals surface area contributed by atoms with E-state index in [2.05, 4.69) is 22.5 Å². The molecule has 1 aromatic rings. The number of aromatic nitrogens is 1. The minimum absolute atomic E-state index is 0.115. The van der Waals surface area contributed by atoms with Gasteiger partial charge >= 0.3 is 6.03 Å². The molecule has 0 radical (unpaired) electrons. The average molecular weight is 288 g/mol. The normalized spacial score (nSPS) is 20.9. The van der Waals surface area contributed by atoms with Gasteiger partial charge in [-0.1, -0.05) is 13.0 Å². The summed E-state index contributed by atoms with van der Waals surface area (Å²) in [4.78, 5) is 30.4. The van der Waals surface area contributed by atoms with E-state index in [4.69, 9.17) is 0 Å². The number of pyridine rings is 1. The summed E-state index contributed by atoms with van der Waals surface area (Å²) in [5.41, 5.74) is 1.18. The van der Waals surface area contributed by atoms with Gasteiger partial charge in [0.15, 0.2) is 0 Å². The molecule has 6 heteroatoms. The van der Waals surface area contributed by atoms with E-state index in [1.54, 1.807) is 6.20 Å². The summed E-state index contributed by atoms with van der Waals surface area (Å²) in [5, 5.41) is 6.10. The number of carbonyl (C=O) groups excluding carboxylic acids is 2. The molecular weight excluding hydrogens is 268 g/mol. The molecule has 2 aliphatic rings. The maximum atomic E-state index is 12.6. The molecule has 3 rings (SSSR count). The van der Waals surface area contributed by atoms with Gasteiger partial charge in [0.25, 0.3) is 5.91 Å². The molecule has 0 aromatic carbocycles. The van der Waals surface area contributed by atoms with Crippen molar-refractivity contribution < 1.29 is 9.59 Å². The van der Waals surface area contributed by atoms with Crippen molar-refractivity contribution in [2.24, 2.45) is 0 Å². The highest BCUT2D eigenvalue weighted by molar-refractivity contribution is 6.07. The van der Waals surface area contributed by atoms with Gasteiger partial charge in [-0.2, -0.15) is 0 Å². The molecule has 2 N–H and O–H groups in total. The number of urea groups is 1. The molecule has 2 fully saturated rings. The predicted molar refractivity (Wildman–Crippen MR) is 77.5 cm³/mol. The second-order valence-electron chi connectivity index (χ2n) is 5.66. The Labute approximate surface area is 123 Å². The standard InChI is InChI=1S/C15H20N4O2/c1-2-11-3-4-12(17-9-11)10-19-13(20)15(18-14(19)21)5-7-16-8-6-15/h3-4,9,16H,2,5-8,10H2,1H3,(H,18,21). The largest absolute Gasteiger partial charge is 0.325 e. The summed E-state index contributed by atoms with van der Waals surface area (Å²) in [6.07, 6.45) is 4.02. The molecule has 1 spiro atoms. The van der Waals surface area contributed by atoms with Crippen LogP contribution in [0.25, 0.3) is 0 Å². The maximum Gasteiger partial charge on any atom is 0.325 e. The fraction of sp³-hybridized carbons (Fsp3) is 0.533. The van der Waals surface area contributed by atoms with E-state index in [0.717, 1.165) is 30.8 Å². The van der Waals surface area contributed by atoms with Crippen LogP contribution in [-0.4, -0.2) is 40.5 Å². The molecule has 2 saturated heterocycles. The summed E-state index contributed by atoms with van der Waals surface area (Å²) < 4.78 is 0. The molecule has 0 saturated carbocycles. The van der Waals surface area contributed by atoms with Crippen LogP contribution in [0.5, 0.6) is 0 Å². The number of imide groups is 1. The van der Waals surface area contributed by atoms with Crippen LogP contribution in [0.3, 0.4) is 0 Å². The van der Waals surface area contributed by atoms with Gasteiger partial charge in [-0.05, 0) is 44.0 Å². The van der Waals surface area contributed by atoms with Crippen LogP contribution in [0.1, 0.15) is 31.0 Å². The molecular formula is C15H20N4O2. The molecule has 0 bridgehead atoms. The second-order valence-corrected chi connectivity index (χ2v) is 5.66. The number of aryl methyl sites for hydroxylation is 1. The first-order chi connectivity index (χ1) is 10.1. The van der Waals surface area contributed by atoms with Gasteiger partial charge in [0, 0.05) is 6.20 Å². The first kappa shape index (κ1) is 14.0. The van der Waals surface area contributed by atoms with Gasteiger partial charge in [0.05, 0.1) is 12.2 Å². The van der Waals surface area contributed by atoms with Gasteiger partial charge in [-0.3, -0.25) is 14.7 Å². The first-order valence-electron chi connectivity index (χ1n) is 7.43. The van der Waals surface area contributed by atoms with Crippen LogP contribution in [0.15, 0.2) is 18.3 Å². The Bertz CT molecular complexity index is 549. The highest BCUT2D eigenvalue weighted by Gasteiger charge is 2.51. The number of rotatable bonds is 3. The lowest BCUT2D eigenvalue weighted by atomic mass is 9.88. The Morgan fingerprint density at radius 3 is 2.67 bits per heavy atom. The van der Waals surface area contributed by atoms with Crippen molar-refractivity contribution in [3.05, 3.63) is 29.6 Å². The van der Waals surface area contributed by atoms with E-state index in [9.17, 15) is 9.59 Å². The van der Waals surface area contributed by atoms with Crippen LogP contribution in [-0.2, 0) is 17.8 Å². The Morgan fingerprint density at radius 1 is 1.29 bits per heavy atom. The fourth-order valence-corrected chi connectivity index (χ4v) is 2.93. The van der Waals surface area contributed by atoms with E-state index in [-0.39, 0.29) is 18.5 Å². The monoisotopic (exact) mass is 288 g/mol. The van der Waals surface area contributed by atoms with E-state index in [1.165, 1.54) is 4.90 Å². The highest BCUT2D eigenvalue weighted by Crippen LogP contribution is 2.27. The van der Waals surface area contributed by atoms with Crippen molar-refractivity contribution in [1.82, 2.24) is 20.5 Å². The number of hydrogen-bond donors (Lipinski definition) is 2. The SMILES string of the molecule is CCc1ccc(CN2C(=O)NC3(CCNCC3)C2=O)nc1. The Morgan fingerprint density at radius 2 is 2.05 bits per heavy atom. The van der Waals surface area contributed by atoms with Gasteiger partial charge in [-0.15, -0.1) is 0 Å². The lowest BCUT2D eigenvalue weighted by molar-refractivity contribution is -0.132. The molecule has 6 nitrogen and oxygen atoms in total. The number of amides is 3. The van der Waals surface area contributed by atoms with Crippen molar-refractivity contribution in [3.8, 4) is 0 Å². The molecule has 0 atom stereocenters. The third kappa shape index (κ3) is 2.51. The quantitative estimate of drug-likeness (QED) is 0.808. The van der Waals surface area contributed by atoms with Crippen LogP contribution < -0.4 is 10.6 Å². The van der Waals surface area contributed by atoms with Gasteiger partial charge < -0.3 is 10.6 Å². The zero-order chi connectivity index (χ0) is 14.9. The number of nitrogens with zero attached hydrogens (tertiary/aromatic N) is 2. The van der Waals surface area contributed by atoms with Gasteiger partial charge in [0.2, 0.25) is 0 Å². The molecule has 112 valence electrons. The topological polar surface area (TPSA) is 74.3 Å². The third-order valence-electron chi connectivity index (χ3n) is 4.32. The smallest absolute Gasteiger partial charge is 0.323 e. The van der Waals surface area contributed by atoms with Crippen LogP contribution >= 0.6 is 0 Å². The predicted octanol–water partition coefficient (Wildman–Crippen LogP) is 0.818. The summed E-state index contributed by atoms with van der Waals surface area (Å²) in [6, 6.07) is 3.57. The van der Waals surface area contributed by atoms with Gasteiger partial charge in [-0.25, -0.2) is 4.79 Å². The lowest BCUT2D eigenvalue weighted by Crippen LogP contribution is -2.53. The van der Waals surface area contributed by atoms with Crippen molar-refractivity contribution in [1.29, 1.82) is 0 Å². The Hall–Kier alpha value is -1.95. The molecule has 3 amide bonds. The number of hydrogen-bond acceptors (Lipinski definition) is 4. The third-order valence-corrected chi connectivity index (χ3v) is 4.32. The average Bonchev–Trinajstić information content (AvgIpc) is 2.73. The number of nitrogens with one attached hydrogen (secondary N) is 2. The van der Waals surface area contributed by atoms with Gasteiger partial charge in [0.1, 0.15) is 5.54 Å². The van der Waals surface area contributed by atoms with E-state index in [0.29, 0.717) is 12.8 Å². The second kappa shape index (κ2) is 5.44. The Balaban J connectivity index is 1.75. The zero-order valence-electron chi connectivity index (χ0n) is 12.2. The minimum atomic E-state index is -0.703. The molecule has 21 heavy (non-hydrogen) atoms. The van der Waals surface area contributed by atoms with Crippen molar-refractivity contribution in [2.45, 2.75) is 38.3 Å². The molecule has 1 aromatic heterocycles. The van der Waals surface area contributed by atoms with E-state index in [1.807, 2.05) is 12.1 Å². The zero-order valence-corrected chi connectivity index (χ0v) is 12.2. The minimum Gasteiger partial charge on any atom is -0.323 e. The molecule has 2 aliphatic heterocycles. The maximum absolute atomic E-state index is 12.6. The van der Waals surface area contributed by atoms with Crippen molar-refractivity contribution in [3.63, 3.8) is 0 Å². The number of piperidine rings is 1.